The van der Waals surface area contributed by atoms with Crippen molar-refractivity contribution < 1.29 is 22.7 Å². The molecule has 8 nitrogen and oxygen atoms in total. The second kappa shape index (κ2) is 11.4. The first-order valence-electron chi connectivity index (χ1n) is 10.00. The molecule has 0 bridgehead atoms. The van der Waals surface area contributed by atoms with Crippen LogP contribution in [0.25, 0.3) is 0 Å². The van der Waals surface area contributed by atoms with Gasteiger partial charge in [0.2, 0.25) is 5.91 Å². The van der Waals surface area contributed by atoms with Gasteiger partial charge in [-0.1, -0.05) is 0 Å². The zero-order valence-electron chi connectivity index (χ0n) is 17.2. The molecule has 0 atom stereocenters. The molecule has 0 unspecified atom stereocenters. The molecule has 1 aliphatic rings. The summed E-state index contributed by atoms with van der Waals surface area (Å²) in [5, 5.41) is 12.5. The molecule has 3 rings (SSSR count). The minimum Gasteiger partial charge on any atom is -0.511 e. The summed E-state index contributed by atoms with van der Waals surface area (Å²) in [7, 11) is -3.61. The Morgan fingerprint density at radius 3 is 2.84 bits per heavy atom. The van der Waals surface area contributed by atoms with E-state index in [4.69, 9.17) is 4.42 Å². The van der Waals surface area contributed by atoms with Crippen molar-refractivity contribution in [1.29, 1.82) is 0 Å². The fourth-order valence-corrected chi connectivity index (χ4v) is 5.42. The highest BCUT2D eigenvalue weighted by molar-refractivity contribution is 7.99. The molecule has 0 aliphatic carbocycles. The molecule has 168 valence electrons. The van der Waals surface area contributed by atoms with E-state index in [1.165, 1.54) is 18.1 Å². The van der Waals surface area contributed by atoms with Gasteiger partial charge in [0.1, 0.15) is 11.5 Å². The number of rotatable bonds is 10. The zero-order chi connectivity index (χ0) is 22.1. The fourth-order valence-electron chi connectivity index (χ4n) is 3.17. The van der Waals surface area contributed by atoms with Gasteiger partial charge in [0.15, 0.2) is 9.84 Å². The maximum Gasteiger partial charge on any atom is 0.235 e. The molecule has 3 heterocycles. The molecule has 2 N–H and O–H groups in total. The SMILES string of the molecule is O=C(CS(=O)(=O)Cc1ccoc1)NC/C(O)=C/Cc1cc(CN2CCSCC2)ccn1. The number of pyridine rings is 1. The number of amides is 1. The maximum absolute atomic E-state index is 12.0. The van der Waals surface area contributed by atoms with Crippen LogP contribution in [0.2, 0.25) is 0 Å². The normalized spacial score (nSPS) is 15.7. The number of aliphatic hydroxyl groups is 1. The summed E-state index contributed by atoms with van der Waals surface area (Å²) in [6.45, 7) is 2.92. The number of sulfone groups is 1. The Labute approximate surface area is 186 Å². The Balaban J connectivity index is 1.44. The van der Waals surface area contributed by atoms with Crippen molar-refractivity contribution in [2.75, 3.05) is 36.9 Å². The summed E-state index contributed by atoms with van der Waals surface area (Å²) in [5.74, 6) is 0.695. The Kier molecular flexibility index (Phi) is 8.56. The Morgan fingerprint density at radius 2 is 2.10 bits per heavy atom. The molecule has 1 amide bonds. The number of aromatic nitrogens is 1. The summed E-state index contributed by atoms with van der Waals surface area (Å²) < 4.78 is 28.9. The molecule has 2 aromatic heterocycles. The first-order chi connectivity index (χ1) is 14.9. The van der Waals surface area contributed by atoms with Crippen LogP contribution in [-0.4, -0.2) is 66.2 Å². The molecule has 0 spiro atoms. The van der Waals surface area contributed by atoms with Crippen LogP contribution in [-0.2, 0) is 33.4 Å². The molecule has 1 fully saturated rings. The third kappa shape index (κ3) is 8.39. The second-order valence-electron chi connectivity index (χ2n) is 7.38. The quantitative estimate of drug-likeness (QED) is 0.512. The third-order valence-corrected chi connectivity index (χ3v) is 7.14. The van der Waals surface area contributed by atoms with Gasteiger partial charge in [-0.2, -0.15) is 11.8 Å². The summed E-state index contributed by atoms with van der Waals surface area (Å²) in [5.41, 5.74) is 2.50. The van der Waals surface area contributed by atoms with E-state index < -0.39 is 21.5 Å². The summed E-state index contributed by atoms with van der Waals surface area (Å²) in [6.07, 6.45) is 6.47. The Hall–Kier alpha value is -2.30. The number of thioether (sulfide) groups is 1. The van der Waals surface area contributed by atoms with Crippen LogP contribution < -0.4 is 5.32 Å². The summed E-state index contributed by atoms with van der Waals surface area (Å²) >= 11 is 1.98. The molecule has 1 aliphatic heterocycles. The number of aliphatic hydroxyl groups excluding tert-OH is 1. The average Bonchev–Trinajstić information content (AvgIpc) is 3.23. The van der Waals surface area contributed by atoms with E-state index in [-0.39, 0.29) is 18.1 Å². The van der Waals surface area contributed by atoms with E-state index in [2.05, 4.69) is 15.2 Å². The molecule has 0 saturated carbocycles. The molecule has 10 heteroatoms. The van der Waals surface area contributed by atoms with E-state index in [9.17, 15) is 18.3 Å². The molecule has 0 aromatic carbocycles. The van der Waals surface area contributed by atoms with Crippen LogP contribution in [0.3, 0.4) is 0 Å². The smallest absolute Gasteiger partial charge is 0.235 e. The average molecular weight is 466 g/mol. The Morgan fingerprint density at radius 1 is 1.29 bits per heavy atom. The maximum atomic E-state index is 12.0. The second-order valence-corrected chi connectivity index (χ2v) is 10.7. The van der Waals surface area contributed by atoms with Crippen molar-refractivity contribution in [2.45, 2.75) is 18.7 Å². The van der Waals surface area contributed by atoms with Gasteiger partial charge in [-0.15, -0.1) is 0 Å². The summed E-state index contributed by atoms with van der Waals surface area (Å²) in [4.78, 5) is 18.7. The standard InChI is InChI=1S/C21H27N3O5S2/c25-20(12-23-21(26)16-31(27,28)15-18-4-8-29-14-18)2-1-19-11-17(3-5-22-19)13-24-6-9-30-10-7-24/h2-5,8,11,14,25H,1,6-7,9-10,12-13,15-16H2,(H,23,26)/b20-2-. The number of hydrogen-bond acceptors (Lipinski definition) is 8. The minimum absolute atomic E-state index is 0.0409. The minimum atomic E-state index is -3.61. The van der Waals surface area contributed by atoms with Crippen molar-refractivity contribution in [2.24, 2.45) is 0 Å². The fraction of sp³-hybridized carbons (Fsp3) is 0.429. The number of furan rings is 1. The number of nitrogens with zero attached hydrogens (tertiary/aromatic N) is 2. The number of carbonyl (C=O) groups is 1. The first kappa shape index (κ1) is 23.4. The third-order valence-electron chi connectivity index (χ3n) is 4.72. The van der Waals surface area contributed by atoms with Gasteiger partial charge in [0, 0.05) is 55.0 Å². The van der Waals surface area contributed by atoms with Gasteiger partial charge in [-0.3, -0.25) is 14.7 Å². The highest BCUT2D eigenvalue weighted by atomic mass is 32.2. The van der Waals surface area contributed by atoms with E-state index in [0.29, 0.717) is 12.0 Å². The first-order valence-corrected chi connectivity index (χ1v) is 13.0. The number of nitrogens with one attached hydrogen (secondary N) is 1. The molecular formula is C21H27N3O5S2. The predicted octanol–water partition coefficient (Wildman–Crippen LogP) is 1.94. The van der Waals surface area contributed by atoms with Crippen molar-refractivity contribution in [3.8, 4) is 0 Å². The van der Waals surface area contributed by atoms with E-state index in [1.54, 1.807) is 18.3 Å². The lowest BCUT2D eigenvalue weighted by Gasteiger charge is -2.26. The zero-order valence-corrected chi connectivity index (χ0v) is 18.8. The highest BCUT2D eigenvalue weighted by Crippen LogP contribution is 2.13. The van der Waals surface area contributed by atoms with Crippen molar-refractivity contribution in [1.82, 2.24) is 15.2 Å². The van der Waals surface area contributed by atoms with Gasteiger partial charge in [0.25, 0.3) is 0 Å². The molecule has 1 saturated heterocycles. The lowest BCUT2D eigenvalue weighted by Crippen LogP contribution is -2.32. The van der Waals surface area contributed by atoms with Gasteiger partial charge < -0.3 is 14.8 Å². The van der Waals surface area contributed by atoms with Crippen LogP contribution in [0.1, 0.15) is 16.8 Å². The lowest BCUT2D eigenvalue weighted by atomic mass is 10.1. The van der Waals surface area contributed by atoms with Crippen molar-refractivity contribution >= 4 is 27.5 Å². The predicted molar refractivity (Wildman–Crippen MR) is 120 cm³/mol. The Bertz CT molecular complexity index is 984. The molecular weight excluding hydrogens is 438 g/mol. The number of hydrogen-bond donors (Lipinski definition) is 2. The van der Waals surface area contributed by atoms with Crippen LogP contribution in [0, 0.1) is 0 Å². The van der Waals surface area contributed by atoms with Crippen LogP contribution >= 0.6 is 11.8 Å². The topological polar surface area (TPSA) is 113 Å². The van der Waals surface area contributed by atoms with Crippen LogP contribution in [0.5, 0.6) is 0 Å². The molecule has 2 aromatic rings. The van der Waals surface area contributed by atoms with Gasteiger partial charge in [-0.25, -0.2) is 8.42 Å². The van der Waals surface area contributed by atoms with Crippen LogP contribution in [0.4, 0.5) is 0 Å². The van der Waals surface area contributed by atoms with Gasteiger partial charge in [-0.05, 0) is 29.8 Å². The van der Waals surface area contributed by atoms with E-state index in [1.807, 2.05) is 23.9 Å². The number of carbonyl (C=O) groups excluding carboxylic acids is 1. The van der Waals surface area contributed by atoms with Crippen LogP contribution in [0.15, 0.2) is 53.2 Å². The lowest BCUT2D eigenvalue weighted by molar-refractivity contribution is -0.118. The highest BCUT2D eigenvalue weighted by Gasteiger charge is 2.18. The van der Waals surface area contributed by atoms with Crippen molar-refractivity contribution in [3.05, 3.63) is 65.6 Å². The van der Waals surface area contributed by atoms with E-state index in [0.717, 1.165) is 36.8 Å². The van der Waals surface area contributed by atoms with Gasteiger partial charge in [0.05, 0.1) is 24.8 Å². The molecule has 0 radical (unpaired) electrons. The molecule has 31 heavy (non-hydrogen) atoms. The monoisotopic (exact) mass is 465 g/mol. The number of allylic oxidation sites excluding steroid dienone is 1. The van der Waals surface area contributed by atoms with E-state index >= 15 is 0 Å². The largest absolute Gasteiger partial charge is 0.511 e. The van der Waals surface area contributed by atoms with Gasteiger partial charge >= 0.3 is 0 Å². The summed E-state index contributed by atoms with van der Waals surface area (Å²) in [6, 6.07) is 5.56. The van der Waals surface area contributed by atoms with Crippen molar-refractivity contribution in [3.63, 3.8) is 0 Å².